The van der Waals surface area contributed by atoms with Gasteiger partial charge in [0.15, 0.2) is 0 Å². The first-order valence-electron chi connectivity index (χ1n) is 5.76. The minimum atomic E-state index is -0.809. The Bertz CT molecular complexity index is 431. The molecule has 0 amide bonds. The van der Waals surface area contributed by atoms with Gasteiger partial charge in [0.1, 0.15) is 0 Å². The number of rotatable bonds is 2. The summed E-state index contributed by atoms with van der Waals surface area (Å²) >= 11 is 5.90. The Hall–Kier alpha value is -1.06. The second-order valence-corrected chi connectivity index (χ2v) is 4.62. The number of hydrogen-bond donors (Lipinski definition) is 1. The van der Waals surface area contributed by atoms with E-state index in [4.69, 9.17) is 16.3 Å². The molecule has 0 aliphatic heterocycles. The van der Waals surface area contributed by atoms with Crippen LogP contribution in [0.15, 0.2) is 18.2 Å². The molecule has 0 aromatic heterocycles. The second-order valence-electron chi connectivity index (χ2n) is 4.19. The van der Waals surface area contributed by atoms with Crippen molar-refractivity contribution >= 4 is 17.6 Å². The topological polar surface area (TPSA) is 46.5 Å². The van der Waals surface area contributed by atoms with Crippen LogP contribution < -0.4 is 0 Å². The minimum Gasteiger partial charge on any atom is -0.466 e. The monoisotopic (exact) mass is 254 g/mol. The van der Waals surface area contributed by atoms with Crippen molar-refractivity contribution in [3.05, 3.63) is 34.3 Å². The molecule has 1 aliphatic carbocycles. The van der Waals surface area contributed by atoms with Gasteiger partial charge in [-0.2, -0.15) is 0 Å². The smallest absolute Gasteiger partial charge is 0.311 e. The Morgan fingerprint density at radius 1 is 1.59 bits per heavy atom. The molecular formula is C13H15ClO3. The lowest BCUT2D eigenvalue weighted by atomic mass is 9.81. The maximum Gasteiger partial charge on any atom is 0.311 e. The van der Waals surface area contributed by atoms with Crippen LogP contribution in [-0.2, 0) is 16.0 Å². The summed E-state index contributed by atoms with van der Waals surface area (Å²) in [5, 5.41) is 10.8. The number of aryl methyl sites for hydroxylation is 1. The molecule has 1 aromatic rings. The van der Waals surface area contributed by atoms with Gasteiger partial charge in [0.05, 0.1) is 18.6 Å². The molecule has 1 N–H and O–H groups in total. The fourth-order valence-electron chi connectivity index (χ4n) is 2.25. The van der Waals surface area contributed by atoms with Gasteiger partial charge in [0, 0.05) is 5.02 Å². The van der Waals surface area contributed by atoms with Crippen molar-refractivity contribution in [2.24, 2.45) is 5.92 Å². The predicted molar refractivity (Wildman–Crippen MR) is 64.9 cm³/mol. The third-order valence-corrected chi connectivity index (χ3v) is 3.36. The molecule has 92 valence electrons. The van der Waals surface area contributed by atoms with E-state index in [-0.39, 0.29) is 5.97 Å². The van der Waals surface area contributed by atoms with Crippen molar-refractivity contribution in [1.82, 2.24) is 0 Å². The summed E-state index contributed by atoms with van der Waals surface area (Å²) in [6.07, 6.45) is 0.582. The average Bonchev–Trinajstić information content (AvgIpc) is 2.30. The normalized spacial score (nSPS) is 23.0. The SMILES string of the molecule is CCOC(=O)C1CCc2ccc(Cl)cc2C1O. The highest BCUT2D eigenvalue weighted by Crippen LogP contribution is 2.36. The molecule has 2 unspecified atom stereocenters. The summed E-state index contributed by atoms with van der Waals surface area (Å²) in [6, 6.07) is 5.44. The number of esters is 1. The number of halogens is 1. The fraction of sp³-hybridized carbons (Fsp3) is 0.462. The van der Waals surface area contributed by atoms with Crippen LogP contribution in [0.4, 0.5) is 0 Å². The van der Waals surface area contributed by atoms with Crippen LogP contribution >= 0.6 is 11.6 Å². The summed E-state index contributed by atoms with van der Waals surface area (Å²) in [5.41, 5.74) is 1.81. The van der Waals surface area contributed by atoms with Crippen molar-refractivity contribution in [1.29, 1.82) is 0 Å². The molecule has 2 rings (SSSR count). The third-order valence-electron chi connectivity index (χ3n) is 3.12. The molecular weight excluding hydrogens is 240 g/mol. The molecule has 0 fully saturated rings. The first kappa shape index (κ1) is 12.4. The summed E-state index contributed by atoms with van der Waals surface area (Å²) in [7, 11) is 0. The van der Waals surface area contributed by atoms with Crippen LogP contribution in [0.3, 0.4) is 0 Å². The number of hydrogen-bond acceptors (Lipinski definition) is 3. The van der Waals surface area contributed by atoms with E-state index in [1.54, 1.807) is 19.1 Å². The number of benzene rings is 1. The van der Waals surface area contributed by atoms with E-state index < -0.39 is 12.0 Å². The average molecular weight is 255 g/mol. The lowest BCUT2D eigenvalue weighted by Crippen LogP contribution is -2.29. The van der Waals surface area contributed by atoms with E-state index in [0.717, 1.165) is 17.5 Å². The molecule has 0 saturated heterocycles. The number of fused-ring (bicyclic) bond motifs is 1. The third kappa shape index (κ3) is 2.45. The molecule has 0 saturated carbocycles. The first-order chi connectivity index (χ1) is 8.13. The van der Waals surface area contributed by atoms with Gasteiger partial charge in [-0.05, 0) is 43.0 Å². The zero-order chi connectivity index (χ0) is 12.4. The summed E-state index contributed by atoms with van der Waals surface area (Å²) in [6.45, 7) is 2.10. The Morgan fingerprint density at radius 3 is 3.06 bits per heavy atom. The van der Waals surface area contributed by atoms with Crippen molar-refractivity contribution in [2.75, 3.05) is 6.61 Å². The fourth-order valence-corrected chi connectivity index (χ4v) is 2.43. The van der Waals surface area contributed by atoms with E-state index in [9.17, 15) is 9.90 Å². The zero-order valence-corrected chi connectivity index (χ0v) is 10.4. The molecule has 2 atom stereocenters. The van der Waals surface area contributed by atoms with E-state index in [1.807, 2.05) is 6.07 Å². The van der Waals surface area contributed by atoms with Gasteiger partial charge in [-0.1, -0.05) is 17.7 Å². The van der Waals surface area contributed by atoms with Crippen molar-refractivity contribution < 1.29 is 14.6 Å². The van der Waals surface area contributed by atoms with Crippen molar-refractivity contribution in [3.8, 4) is 0 Å². The van der Waals surface area contributed by atoms with Gasteiger partial charge in [-0.15, -0.1) is 0 Å². The van der Waals surface area contributed by atoms with Crippen molar-refractivity contribution in [3.63, 3.8) is 0 Å². The molecule has 1 aliphatic rings. The Kier molecular flexibility index (Phi) is 3.69. The highest BCUT2D eigenvalue weighted by atomic mass is 35.5. The molecule has 4 heteroatoms. The Balaban J connectivity index is 2.25. The molecule has 0 bridgehead atoms. The lowest BCUT2D eigenvalue weighted by Gasteiger charge is -2.28. The van der Waals surface area contributed by atoms with Crippen LogP contribution in [0.2, 0.25) is 5.02 Å². The van der Waals surface area contributed by atoms with Crippen LogP contribution in [-0.4, -0.2) is 17.7 Å². The Labute approximate surface area is 105 Å². The quantitative estimate of drug-likeness (QED) is 0.825. The standard InChI is InChI=1S/C13H15ClO3/c1-2-17-13(16)10-6-4-8-3-5-9(14)7-11(8)12(10)15/h3,5,7,10,12,15H,2,4,6H2,1H3. The van der Waals surface area contributed by atoms with Crippen molar-refractivity contribution in [2.45, 2.75) is 25.9 Å². The number of carbonyl (C=O) groups excluding carboxylic acids is 1. The molecule has 1 aromatic carbocycles. The second kappa shape index (κ2) is 5.07. The molecule has 3 nitrogen and oxygen atoms in total. The highest BCUT2D eigenvalue weighted by molar-refractivity contribution is 6.30. The lowest BCUT2D eigenvalue weighted by molar-refractivity contribution is -0.153. The minimum absolute atomic E-state index is 0.328. The number of carbonyl (C=O) groups is 1. The van der Waals surface area contributed by atoms with Crippen LogP contribution in [0.25, 0.3) is 0 Å². The number of aliphatic hydroxyl groups excluding tert-OH is 1. The van der Waals surface area contributed by atoms with Crippen LogP contribution in [0, 0.1) is 5.92 Å². The highest BCUT2D eigenvalue weighted by Gasteiger charge is 2.34. The Morgan fingerprint density at radius 2 is 2.35 bits per heavy atom. The summed E-state index contributed by atoms with van der Waals surface area (Å²) in [4.78, 5) is 11.7. The van der Waals surface area contributed by atoms with Gasteiger partial charge in [-0.3, -0.25) is 4.79 Å². The van der Waals surface area contributed by atoms with Gasteiger partial charge in [0.2, 0.25) is 0 Å². The van der Waals surface area contributed by atoms with E-state index in [2.05, 4.69) is 0 Å². The maximum absolute atomic E-state index is 11.7. The molecule has 0 radical (unpaired) electrons. The molecule has 0 heterocycles. The first-order valence-corrected chi connectivity index (χ1v) is 6.14. The van der Waals surface area contributed by atoms with Gasteiger partial charge < -0.3 is 9.84 Å². The van der Waals surface area contributed by atoms with E-state index >= 15 is 0 Å². The zero-order valence-electron chi connectivity index (χ0n) is 9.65. The molecule has 17 heavy (non-hydrogen) atoms. The van der Waals surface area contributed by atoms with Gasteiger partial charge >= 0.3 is 5.97 Å². The maximum atomic E-state index is 11.7. The predicted octanol–water partition coefficient (Wildman–Crippen LogP) is 2.50. The van der Waals surface area contributed by atoms with Gasteiger partial charge in [0.25, 0.3) is 0 Å². The van der Waals surface area contributed by atoms with E-state index in [0.29, 0.717) is 18.1 Å². The number of ether oxygens (including phenoxy) is 1. The van der Waals surface area contributed by atoms with Crippen LogP contribution in [0.5, 0.6) is 0 Å². The molecule has 0 spiro atoms. The summed E-state index contributed by atoms with van der Waals surface area (Å²) in [5.74, 6) is -0.799. The largest absolute Gasteiger partial charge is 0.466 e. The number of aliphatic hydroxyl groups is 1. The van der Waals surface area contributed by atoms with Crippen LogP contribution in [0.1, 0.15) is 30.6 Å². The summed E-state index contributed by atoms with van der Waals surface area (Å²) < 4.78 is 4.97. The van der Waals surface area contributed by atoms with Gasteiger partial charge in [-0.25, -0.2) is 0 Å². The van der Waals surface area contributed by atoms with E-state index in [1.165, 1.54) is 0 Å².